The van der Waals surface area contributed by atoms with E-state index in [-0.39, 0.29) is 5.03 Å². The molecule has 0 aliphatic heterocycles. The van der Waals surface area contributed by atoms with Crippen LogP contribution in [0.5, 0.6) is 0 Å². The molecule has 4 nitrogen and oxygen atoms in total. The van der Waals surface area contributed by atoms with Crippen molar-refractivity contribution in [1.82, 2.24) is 19.3 Å². The van der Waals surface area contributed by atoms with Gasteiger partial charge in [0.15, 0.2) is 10.0 Å². The number of hydrogen-bond donors (Lipinski definition) is 0. The molecule has 0 bridgehead atoms. The second-order valence-electron chi connectivity index (χ2n) is 3.07. The van der Waals surface area contributed by atoms with Gasteiger partial charge in [0.2, 0.25) is 5.28 Å². The molecule has 2 heterocycles. The van der Waals surface area contributed by atoms with Crippen molar-refractivity contribution >= 4 is 34.9 Å². The Kier molecular flexibility index (Phi) is 3.74. The number of aryl methyl sites for hydroxylation is 1. The Morgan fingerprint density at radius 2 is 2.00 bits per heavy atom. The van der Waals surface area contributed by atoms with Gasteiger partial charge in [-0.2, -0.15) is 17.5 Å². The largest absolute Gasteiger partial charge is 0.433 e. The maximum atomic E-state index is 12.5. The molecule has 18 heavy (non-hydrogen) atoms. The summed E-state index contributed by atoms with van der Waals surface area (Å²) in [6.45, 7) is 1.69. The van der Waals surface area contributed by atoms with E-state index in [1.54, 1.807) is 6.92 Å². The van der Waals surface area contributed by atoms with Crippen molar-refractivity contribution in [3.8, 4) is 0 Å². The lowest BCUT2D eigenvalue weighted by atomic mass is 10.4. The second-order valence-corrected chi connectivity index (χ2v) is 5.43. The summed E-state index contributed by atoms with van der Waals surface area (Å²) >= 11 is 7.50. The van der Waals surface area contributed by atoms with Crippen LogP contribution in [0.25, 0.3) is 0 Å². The number of nitrogens with zero attached hydrogens (tertiary/aromatic N) is 4. The first-order chi connectivity index (χ1) is 8.34. The minimum atomic E-state index is -4.56. The van der Waals surface area contributed by atoms with Gasteiger partial charge in [-0.3, -0.25) is 0 Å². The molecule has 2 rings (SSSR count). The fraction of sp³-hybridized carbons (Fsp3) is 0.250. The molecule has 96 valence electrons. The predicted octanol–water partition coefficient (Wildman–Crippen LogP) is 3.46. The average Bonchev–Trinajstić information content (AvgIpc) is 2.61. The molecule has 0 unspecified atom stereocenters. The quantitative estimate of drug-likeness (QED) is 0.628. The first kappa shape index (κ1) is 13.5. The highest BCUT2D eigenvalue weighted by molar-refractivity contribution is 8.00. The Morgan fingerprint density at radius 1 is 1.28 bits per heavy atom. The number of alkyl halides is 3. The fourth-order valence-electron chi connectivity index (χ4n) is 1.00. The summed E-state index contributed by atoms with van der Waals surface area (Å²) in [5.41, 5.74) is -1.08. The molecule has 0 amide bonds. The molecule has 0 spiro atoms. The summed E-state index contributed by atoms with van der Waals surface area (Å²) in [5, 5.41) is -0.368. The Morgan fingerprint density at radius 3 is 2.56 bits per heavy atom. The lowest BCUT2D eigenvalue weighted by Crippen LogP contribution is -2.09. The van der Waals surface area contributed by atoms with Crippen molar-refractivity contribution in [2.75, 3.05) is 0 Å². The van der Waals surface area contributed by atoms with Crippen LogP contribution in [0, 0.1) is 6.92 Å². The van der Waals surface area contributed by atoms with Gasteiger partial charge in [0.25, 0.3) is 0 Å². The first-order valence-corrected chi connectivity index (χ1v) is 6.41. The fourth-order valence-corrected chi connectivity index (χ4v) is 2.84. The minimum absolute atomic E-state index is 0.0819. The smallest absolute Gasteiger partial charge is 0.213 e. The molecule has 0 aromatic carbocycles. The van der Waals surface area contributed by atoms with E-state index in [9.17, 15) is 13.2 Å². The Bertz CT molecular complexity index is 572. The standard InChI is InChI=1S/C8H4ClF3N4S2/c1-3-13-7(18-16-3)17-5-2-4(8(10,11)12)14-6(9)15-5/h2H,1H3. The minimum Gasteiger partial charge on any atom is -0.213 e. The number of rotatable bonds is 2. The molecule has 0 aliphatic rings. The molecule has 2 aromatic heterocycles. The SMILES string of the molecule is Cc1nsc(Sc2cc(C(F)(F)F)nc(Cl)n2)n1. The van der Waals surface area contributed by atoms with Crippen LogP contribution in [0.2, 0.25) is 5.28 Å². The maximum absolute atomic E-state index is 12.5. The molecular formula is C8H4ClF3N4S2. The van der Waals surface area contributed by atoms with Crippen molar-refractivity contribution < 1.29 is 13.2 Å². The molecule has 10 heteroatoms. The molecular weight excluding hydrogens is 309 g/mol. The summed E-state index contributed by atoms with van der Waals surface area (Å²) < 4.78 is 41.9. The van der Waals surface area contributed by atoms with E-state index >= 15 is 0 Å². The zero-order valence-electron chi connectivity index (χ0n) is 8.69. The van der Waals surface area contributed by atoms with Crippen molar-refractivity contribution in [2.45, 2.75) is 22.5 Å². The highest BCUT2D eigenvalue weighted by atomic mass is 35.5. The molecule has 0 N–H and O–H groups in total. The van der Waals surface area contributed by atoms with Crippen LogP contribution in [-0.4, -0.2) is 19.3 Å². The highest BCUT2D eigenvalue weighted by Gasteiger charge is 2.33. The predicted molar refractivity (Wildman–Crippen MR) is 60.8 cm³/mol. The summed E-state index contributed by atoms with van der Waals surface area (Å²) in [5.74, 6) is 0.554. The van der Waals surface area contributed by atoms with Crippen molar-refractivity contribution in [3.63, 3.8) is 0 Å². The van der Waals surface area contributed by atoms with Crippen LogP contribution in [0.15, 0.2) is 15.4 Å². The van der Waals surface area contributed by atoms with Crippen LogP contribution < -0.4 is 0 Å². The van der Waals surface area contributed by atoms with Crippen LogP contribution in [0.1, 0.15) is 11.5 Å². The van der Waals surface area contributed by atoms with Gasteiger partial charge in [-0.05, 0) is 41.8 Å². The lowest BCUT2D eigenvalue weighted by molar-refractivity contribution is -0.141. The number of hydrogen-bond acceptors (Lipinski definition) is 6. The van der Waals surface area contributed by atoms with Crippen molar-refractivity contribution in [3.05, 3.63) is 22.9 Å². The van der Waals surface area contributed by atoms with E-state index in [2.05, 4.69) is 19.3 Å². The van der Waals surface area contributed by atoms with E-state index in [1.807, 2.05) is 0 Å². The van der Waals surface area contributed by atoms with E-state index in [1.165, 1.54) is 0 Å². The summed E-state index contributed by atoms with van der Waals surface area (Å²) in [6.07, 6.45) is -4.56. The van der Waals surface area contributed by atoms with Gasteiger partial charge in [-0.1, -0.05) is 0 Å². The summed E-state index contributed by atoms with van der Waals surface area (Å²) in [6, 6.07) is 0.827. The zero-order valence-corrected chi connectivity index (χ0v) is 11.1. The van der Waals surface area contributed by atoms with Crippen LogP contribution in [0.3, 0.4) is 0 Å². The van der Waals surface area contributed by atoms with Crippen LogP contribution >= 0.6 is 34.9 Å². The highest BCUT2D eigenvalue weighted by Crippen LogP contribution is 2.33. The van der Waals surface area contributed by atoms with Gasteiger partial charge >= 0.3 is 6.18 Å². The van der Waals surface area contributed by atoms with E-state index < -0.39 is 17.2 Å². The lowest BCUT2D eigenvalue weighted by Gasteiger charge is -2.06. The van der Waals surface area contributed by atoms with Crippen molar-refractivity contribution in [2.24, 2.45) is 0 Å². The van der Waals surface area contributed by atoms with Gasteiger partial charge in [0.1, 0.15) is 10.9 Å². The first-order valence-electron chi connectivity index (χ1n) is 4.44. The van der Waals surface area contributed by atoms with Gasteiger partial charge in [-0.15, -0.1) is 0 Å². The average molecular weight is 313 g/mol. The summed E-state index contributed by atoms with van der Waals surface area (Å²) in [4.78, 5) is 10.9. The molecule has 0 fully saturated rings. The van der Waals surface area contributed by atoms with Gasteiger partial charge in [-0.25, -0.2) is 15.0 Å². The van der Waals surface area contributed by atoms with Crippen LogP contribution in [0.4, 0.5) is 13.2 Å². The molecule has 0 atom stereocenters. The summed E-state index contributed by atoms with van der Waals surface area (Å²) in [7, 11) is 0. The van der Waals surface area contributed by atoms with Crippen molar-refractivity contribution in [1.29, 1.82) is 0 Å². The maximum Gasteiger partial charge on any atom is 0.433 e. The van der Waals surface area contributed by atoms with E-state index in [0.29, 0.717) is 10.2 Å². The topological polar surface area (TPSA) is 51.6 Å². The molecule has 0 aliphatic carbocycles. The van der Waals surface area contributed by atoms with E-state index in [4.69, 9.17) is 11.6 Å². The van der Waals surface area contributed by atoms with Gasteiger partial charge in [0.05, 0.1) is 0 Å². The third-order valence-corrected chi connectivity index (χ3v) is 3.60. The molecule has 2 aromatic rings. The van der Waals surface area contributed by atoms with Gasteiger partial charge in [0, 0.05) is 6.07 Å². The monoisotopic (exact) mass is 312 g/mol. The number of halogens is 4. The Hall–Kier alpha value is -0.930. The molecule has 0 saturated carbocycles. The van der Waals surface area contributed by atoms with Gasteiger partial charge < -0.3 is 0 Å². The molecule has 0 saturated heterocycles. The zero-order chi connectivity index (χ0) is 13.3. The third kappa shape index (κ3) is 3.30. The Balaban J connectivity index is 2.31. The number of aromatic nitrogens is 4. The normalized spacial score (nSPS) is 11.8. The second kappa shape index (κ2) is 4.98. The molecule has 0 radical (unpaired) electrons. The van der Waals surface area contributed by atoms with Crippen LogP contribution in [-0.2, 0) is 6.18 Å². The van der Waals surface area contributed by atoms with E-state index in [0.717, 1.165) is 29.4 Å². The third-order valence-electron chi connectivity index (χ3n) is 1.67. The Labute approximate surface area is 113 Å².